The van der Waals surface area contributed by atoms with Crippen molar-refractivity contribution in [2.24, 2.45) is 0 Å². The Morgan fingerprint density at radius 2 is 1.90 bits per heavy atom. The molecule has 5 nitrogen and oxygen atoms in total. The molecule has 0 aromatic heterocycles. The van der Waals surface area contributed by atoms with Crippen molar-refractivity contribution in [3.8, 4) is 5.75 Å². The fourth-order valence-corrected chi connectivity index (χ4v) is 1.77. The number of hydrogen-bond acceptors (Lipinski definition) is 3. The first-order valence-corrected chi connectivity index (χ1v) is 6.58. The molecule has 0 bridgehead atoms. The van der Waals surface area contributed by atoms with E-state index in [1.54, 1.807) is 13.0 Å². The van der Waals surface area contributed by atoms with Gasteiger partial charge in [-0.25, -0.2) is 0 Å². The summed E-state index contributed by atoms with van der Waals surface area (Å²) in [5.41, 5.74) is 0.926. The number of aromatic hydroxyl groups is 1. The lowest BCUT2D eigenvalue weighted by atomic mass is 10.1. The molecule has 0 aliphatic carbocycles. The zero-order valence-electron chi connectivity index (χ0n) is 12.4. The molecule has 5 heteroatoms. The van der Waals surface area contributed by atoms with Crippen molar-refractivity contribution in [3.63, 3.8) is 0 Å². The molecule has 20 heavy (non-hydrogen) atoms. The molecule has 3 N–H and O–H groups in total. The summed E-state index contributed by atoms with van der Waals surface area (Å²) in [6, 6.07) is 4.56. The fourth-order valence-electron chi connectivity index (χ4n) is 1.77. The normalized spacial score (nSPS) is 11.0. The average molecular weight is 278 g/mol. The van der Waals surface area contributed by atoms with E-state index in [2.05, 4.69) is 10.6 Å². The Bertz CT molecular complexity index is 504. The third-order valence-electron chi connectivity index (χ3n) is 2.61. The zero-order valence-corrected chi connectivity index (χ0v) is 12.4. The van der Waals surface area contributed by atoms with Gasteiger partial charge in [0.05, 0.1) is 0 Å². The highest BCUT2D eigenvalue weighted by Gasteiger charge is 2.14. The molecule has 0 spiro atoms. The minimum atomic E-state index is -0.269. The van der Waals surface area contributed by atoms with Gasteiger partial charge in [-0.2, -0.15) is 0 Å². The highest BCUT2D eigenvalue weighted by Crippen LogP contribution is 2.15. The Labute approximate surface area is 119 Å². The predicted molar refractivity (Wildman–Crippen MR) is 77.7 cm³/mol. The van der Waals surface area contributed by atoms with Gasteiger partial charge >= 0.3 is 0 Å². The van der Waals surface area contributed by atoms with Crippen LogP contribution in [0.15, 0.2) is 18.2 Å². The number of hydrogen-bond donors (Lipinski definition) is 3. The van der Waals surface area contributed by atoms with Crippen molar-refractivity contribution in [1.29, 1.82) is 0 Å². The molecule has 0 aliphatic heterocycles. The maximum atomic E-state index is 11.9. The van der Waals surface area contributed by atoms with Gasteiger partial charge in [0.2, 0.25) is 5.91 Å². The molecule has 0 radical (unpaired) electrons. The minimum Gasteiger partial charge on any atom is -0.508 e. The summed E-state index contributed by atoms with van der Waals surface area (Å²) in [5, 5.41) is 14.8. The third kappa shape index (κ3) is 5.30. The van der Waals surface area contributed by atoms with Crippen LogP contribution in [-0.4, -0.2) is 29.0 Å². The molecule has 0 fully saturated rings. The molecule has 1 aromatic carbocycles. The van der Waals surface area contributed by atoms with Crippen LogP contribution in [0.3, 0.4) is 0 Å². The van der Waals surface area contributed by atoms with E-state index in [0.29, 0.717) is 11.1 Å². The number of aryl methyl sites for hydroxylation is 1. The van der Waals surface area contributed by atoms with Crippen molar-refractivity contribution >= 4 is 11.8 Å². The van der Waals surface area contributed by atoms with E-state index in [1.165, 1.54) is 12.1 Å². The summed E-state index contributed by atoms with van der Waals surface area (Å²) in [6.07, 6.45) is 0.236. The lowest BCUT2D eigenvalue weighted by Gasteiger charge is -2.20. The summed E-state index contributed by atoms with van der Waals surface area (Å²) >= 11 is 0. The SMILES string of the molecule is Cc1cc(O)ccc1C(=O)NCCC(=O)NC(C)(C)C. The van der Waals surface area contributed by atoms with Crippen molar-refractivity contribution in [1.82, 2.24) is 10.6 Å². The quantitative estimate of drug-likeness (QED) is 0.785. The van der Waals surface area contributed by atoms with Crippen LogP contribution in [0.1, 0.15) is 43.1 Å². The Morgan fingerprint density at radius 1 is 1.25 bits per heavy atom. The Morgan fingerprint density at radius 3 is 2.45 bits per heavy atom. The first kappa shape index (κ1) is 16.0. The van der Waals surface area contributed by atoms with Gasteiger partial charge in [-0.15, -0.1) is 0 Å². The highest BCUT2D eigenvalue weighted by atomic mass is 16.3. The van der Waals surface area contributed by atoms with Crippen molar-refractivity contribution in [2.45, 2.75) is 39.7 Å². The van der Waals surface area contributed by atoms with Crippen molar-refractivity contribution < 1.29 is 14.7 Å². The van der Waals surface area contributed by atoms with Crippen molar-refractivity contribution in [2.75, 3.05) is 6.54 Å². The minimum absolute atomic E-state index is 0.0970. The predicted octanol–water partition coefficient (Wildman–Crippen LogP) is 1.74. The molecule has 0 aliphatic rings. The maximum Gasteiger partial charge on any atom is 0.251 e. The first-order valence-electron chi connectivity index (χ1n) is 6.58. The molecule has 0 atom stereocenters. The van der Waals surface area contributed by atoms with Crippen LogP contribution in [0, 0.1) is 6.92 Å². The molecule has 2 amide bonds. The average Bonchev–Trinajstić information content (AvgIpc) is 2.25. The number of benzene rings is 1. The number of phenolic OH excluding ortho intramolecular Hbond substituents is 1. The van der Waals surface area contributed by atoms with E-state index in [4.69, 9.17) is 0 Å². The van der Waals surface area contributed by atoms with Gasteiger partial charge in [0.15, 0.2) is 0 Å². The molecule has 0 saturated carbocycles. The van der Waals surface area contributed by atoms with E-state index in [9.17, 15) is 14.7 Å². The zero-order chi connectivity index (χ0) is 15.3. The van der Waals surface area contributed by atoms with Crippen LogP contribution in [-0.2, 0) is 4.79 Å². The molecule has 0 unspecified atom stereocenters. The number of rotatable bonds is 4. The topological polar surface area (TPSA) is 78.4 Å². The number of phenols is 1. The fraction of sp³-hybridized carbons (Fsp3) is 0.467. The molecule has 1 aromatic rings. The Kier molecular flexibility index (Phi) is 5.13. The largest absolute Gasteiger partial charge is 0.508 e. The van der Waals surface area contributed by atoms with Gasteiger partial charge in [0, 0.05) is 24.1 Å². The standard InChI is InChI=1S/C15H22N2O3/c1-10-9-11(18)5-6-12(10)14(20)16-8-7-13(19)17-15(2,3)4/h5-6,9,18H,7-8H2,1-4H3,(H,16,20)(H,17,19). The summed E-state index contributed by atoms with van der Waals surface area (Å²) in [4.78, 5) is 23.5. The monoisotopic (exact) mass is 278 g/mol. The van der Waals surface area contributed by atoms with E-state index >= 15 is 0 Å². The highest BCUT2D eigenvalue weighted by molar-refractivity contribution is 5.96. The van der Waals surface area contributed by atoms with E-state index in [1.807, 2.05) is 20.8 Å². The number of carbonyl (C=O) groups is 2. The van der Waals surface area contributed by atoms with Gasteiger partial charge in [0.25, 0.3) is 5.91 Å². The third-order valence-corrected chi connectivity index (χ3v) is 2.61. The van der Waals surface area contributed by atoms with Gasteiger partial charge in [0.1, 0.15) is 5.75 Å². The lowest BCUT2D eigenvalue weighted by molar-refractivity contribution is -0.122. The number of amides is 2. The molecule has 0 heterocycles. The summed E-state index contributed by atoms with van der Waals surface area (Å²) < 4.78 is 0. The first-order chi connectivity index (χ1) is 9.19. The summed E-state index contributed by atoms with van der Waals surface area (Å²) in [6.45, 7) is 7.75. The molecule has 1 rings (SSSR count). The van der Waals surface area contributed by atoms with E-state index in [-0.39, 0.29) is 36.1 Å². The molecular formula is C15H22N2O3. The number of carbonyl (C=O) groups excluding carboxylic acids is 2. The van der Waals surface area contributed by atoms with E-state index in [0.717, 1.165) is 0 Å². The van der Waals surface area contributed by atoms with Crippen LogP contribution in [0.25, 0.3) is 0 Å². The molecule has 0 saturated heterocycles. The van der Waals surface area contributed by atoms with Gasteiger partial charge < -0.3 is 15.7 Å². The second kappa shape index (κ2) is 6.41. The molecular weight excluding hydrogens is 256 g/mol. The van der Waals surface area contributed by atoms with Gasteiger partial charge in [-0.1, -0.05) is 0 Å². The lowest BCUT2D eigenvalue weighted by Crippen LogP contribution is -2.42. The van der Waals surface area contributed by atoms with Gasteiger partial charge in [-0.3, -0.25) is 9.59 Å². The van der Waals surface area contributed by atoms with Crippen LogP contribution in [0.5, 0.6) is 5.75 Å². The van der Waals surface area contributed by atoms with E-state index < -0.39 is 0 Å². The second-order valence-electron chi connectivity index (χ2n) is 5.80. The summed E-state index contributed by atoms with van der Waals surface area (Å²) in [5.74, 6) is -0.213. The van der Waals surface area contributed by atoms with Gasteiger partial charge in [-0.05, 0) is 51.5 Å². The Hall–Kier alpha value is -2.04. The molecule has 110 valence electrons. The maximum absolute atomic E-state index is 11.9. The van der Waals surface area contributed by atoms with Crippen LogP contribution >= 0.6 is 0 Å². The Balaban J connectivity index is 2.46. The second-order valence-corrected chi connectivity index (χ2v) is 5.80. The van der Waals surface area contributed by atoms with Crippen LogP contribution < -0.4 is 10.6 Å². The summed E-state index contributed by atoms with van der Waals surface area (Å²) in [7, 11) is 0. The smallest absolute Gasteiger partial charge is 0.251 e. The van der Waals surface area contributed by atoms with Crippen LogP contribution in [0.2, 0.25) is 0 Å². The van der Waals surface area contributed by atoms with Crippen molar-refractivity contribution in [3.05, 3.63) is 29.3 Å². The number of nitrogens with one attached hydrogen (secondary N) is 2. The van der Waals surface area contributed by atoms with Crippen LogP contribution in [0.4, 0.5) is 0 Å².